The van der Waals surface area contributed by atoms with Crippen molar-refractivity contribution in [2.24, 2.45) is 0 Å². The standard InChI is InChI=1S/C19H22N2O3/c1-3-24-18-9-6-15-13-21(11-10-17(15)20-18)19(22)12-14-4-7-16(23-2)8-5-14/h4-9H,3,10-13H2,1-2H3. The van der Waals surface area contributed by atoms with Gasteiger partial charge in [0.25, 0.3) is 0 Å². The molecule has 0 N–H and O–H groups in total. The quantitative estimate of drug-likeness (QED) is 0.847. The molecular formula is C19H22N2O3. The summed E-state index contributed by atoms with van der Waals surface area (Å²) < 4.78 is 10.6. The first-order valence-corrected chi connectivity index (χ1v) is 8.22. The molecule has 1 aromatic carbocycles. The van der Waals surface area contributed by atoms with Gasteiger partial charge in [0.1, 0.15) is 5.75 Å². The smallest absolute Gasteiger partial charge is 0.227 e. The highest BCUT2D eigenvalue weighted by Crippen LogP contribution is 2.21. The van der Waals surface area contributed by atoms with Crippen LogP contribution >= 0.6 is 0 Å². The van der Waals surface area contributed by atoms with Gasteiger partial charge in [-0.05, 0) is 30.2 Å². The number of ether oxygens (including phenoxy) is 2. The van der Waals surface area contributed by atoms with E-state index in [1.165, 1.54) is 0 Å². The fourth-order valence-electron chi connectivity index (χ4n) is 2.87. The number of aromatic nitrogens is 1. The number of fused-ring (bicyclic) bond motifs is 1. The van der Waals surface area contributed by atoms with Crippen LogP contribution in [0.1, 0.15) is 23.7 Å². The number of hydrogen-bond donors (Lipinski definition) is 0. The lowest BCUT2D eigenvalue weighted by atomic mass is 10.0. The lowest BCUT2D eigenvalue weighted by Gasteiger charge is -2.28. The summed E-state index contributed by atoms with van der Waals surface area (Å²) in [6.07, 6.45) is 1.17. The number of carbonyl (C=O) groups is 1. The number of rotatable bonds is 5. The van der Waals surface area contributed by atoms with Crippen molar-refractivity contribution in [1.82, 2.24) is 9.88 Å². The molecule has 1 aromatic heterocycles. The first-order chi connectivity index (χ1) is 11.7. The van der Waals surface area contributed by atoms with Gasteiger partial charge in [0, 0.05) is 25.6 Å². The van der Waals surface area contributed by atoms with E-state index in [2.05, 4.69) is 4.98 Å². The van der Waals surface area contributed by atoms with Gasteiger partial charge in [0.15, 0.2) is 0 Å². The maximum absolute atomic E-state index is 12.6. The van der Waals surface area contributed by atoms with Gasteiger partial charge in [-0.1, -0.05) is 18.2 Å². The Hall–Kier alpha value is -2.56. The molecule has 5 heteroatoms. The molecule has 0 atom stereocenters. The molecule has 0 fully saturated rings. The zero-order valence-electron chi connectivity index (χ0n) is 14.1. The summed E-state index contributed by atoms with van der Waals surface area (Å²) in [5.41, 5.74) is 3.14. The van der Waals surface area contributed by atoms with Gasteiger partial charge in [-0.15, -0.1) is 0 Å². The van der Waals surface area contributed by atoms with E-state index >= 15 is 0 Å². The predicted molar refractivity (Wildman–Crippen MR) is 91.2 cm³/mol. The summed E-state index contributed by atoms with van der Waals surface area (Å²) in [5.74, 6) is 1.60. The zero-order valence-corrected chi connectivity index (χ0v) is 14.1. The molecule has 0 radical (unpaired) electrons. The highest BCUT2D eigenvalue weighted by Gasteiger charge is 2.22. The molecule has 0 unspecified atom stereocenters. The Labute approximate surface area is 142 Å². The van der Waals surface area contributed by atoms with Crippen LogP contribution in [0.4, 0.5) is 0 Å². The number of hydrogen-bond acceptors (Lipinski definition) is 4. The Morgan fingerprint density at radius 3 is 2.71 bits per heavy atom. The van der Waals surface area contributed by atoms with Gasteiger partial charge >= 0.3 is 0 Å². The molecule has 126 valence electrons. The van der Waals surface area contributed by atoms with E-state index in [0.29, 0.717) is 32.0 Å². The third-order valence-electron chi connectivity index (χ3n) is 4.18. The molecule has 0 spiro atoms. The van der Waals surface area contributed by atoms with Crippen LogP contribution < -0.4 is 9.47 Å². The van der Waals surface area contributed by atoms with E-state index in [-0.39, 0.29) is 5.91 Å². The Balaban J connectivity index is 1.64. The van der Waals surface area contributed by atoms with Gasteiger partial charge in [0.05, 0.1) is 25.8 Å². The molecule has 0 bridgehead atoms. The third-order valence-corrected chi connectivity index (χ3v) is 4.18. The Morgan fingerprint density at radius 1 is 1.21 bits per heavy atom. The van der Waals surface area contributed by atoms with E-state index in [1.807, 2.05) is 48.2 Å². The van der Waals surface area contributed by atoms with Crippen molar-refractivity contribution in [3.05, 3.63) is 53.2 Å². The van der Waals surface area contributed by atoms with Gasteiger partial charge in [-0.25, -0.2) is 4.98 Å². The van der Waals surface area contributed by atoms with Crippen LogP contribution in [0.15, 0.2) is 36.4 Å². The van der Waals surface area contributed by atoms with E-state index < -0.39 is 0 Å². The van der Waals surface area contributed by atoms with Crippen molar-refractivity contribution in [3.8, 4) is 11.6 Å². The fraction of sp³-hybridized carbons (Fsp3) is 0.368. The normalized spacial score (nSPS) is 13.3. The van der Waals surface area contributed by atoms with E-state index in [9.17, 15) is 4.79 Å². The number of benzene rings is 1. The second kappa shape index (κ2) is 7.34. The summed E-state index contributed by atoms with van der Waals surface area (Å²) >= 11 is 0. The SMILES string of the molecule is CCOc1ccc2c(n1)CCN(C(=O)Cc1ccc(OC)cc1)C2. The number of pyridine rings is 1. The fourth-order valence-corrected chi connectivity index (χ4v) is 2.87. The highest BCUT2D eigenvalue weighted by atomic mass is 16.5. The Bertz CT molecular complexity index is 713. The van der Waals surface area contributed by atoms with Crippen LogP contribution in [-0.2, 0) is 24.2 Å². The maximum Gasteiger partial charge on any atom is 0.227 e. The van der Waals surface area contributed by atoms with Crippen molar-refractivity contribution in [2.75, 3.05) is 20.3 Å². The first kappa shape index (κ1) is 16.3. The summed E-state index contributed by atoms with van der Waals surface area (Å²) in [7, 11) is 1.64. The molecule has 2 heterocycles. The predicted octanol–water partition coefficient (Wildman–Crippen LogP) is 2.62. The zero-order chi connectivity index (χ0) is 16.9. The van der Waals surface area contributed by atoms with Crippen LogP contribution in [-0.4, -0.2) is 36.1 Å². The van der Waals surface area contributed by atoms with Crippen molar-refractivity contribution >= 4 is 5.91 Å². The van der Waals surface area contributed by atoms with Crippen molar-refractivity contribution in [2.45, 2.75) is 26.3 Å². The van der Waals surface area contributed by atoms with Crippen molar-refractivity contribution in [1.29, 1.82) is 0 Å². The second-order valence-electron chi connectivity index (χ2n) is 5.78. The summed E-state index contributed by atoms with van der Waals surface area (Å²) in [6.45, 7) is 3.87. The van der Waals surface area contributed by atoms with Gasteiger partial charge in [-0.2, -0.15) is 0 Å². The average Bonchev–Trinajstić information content (AvgIpc) is 2.62. The van der Waals surface area contributed by atoms with Crippen molar-refractivity contribution < 1.29 is 14.3 Å². The summed E-state index contributed by atoms with van der Waals surface area (Å²) in [5, 5.41) is 0. The number of methoxy groups -OCH3 is 1. The first-order valence-electron chi connectivity index (χ1n) is 8.22. The summed E-state index contributed by atoms with van der Waals surface area (Å²) in [6, 6.07) is 11.5. The van der Waals surface area contributed by atoms with Crippen LogP contribution in [0.3, 0.4) is 0 Å². The van der Waals surface area contributed by atoms with Gasteiger partial charge < -0.3 is 14.4 Å². The molecule has 2 aromatic rings. The number of carbonyl (C=O) groups excluding carboxylic acids is 1. The van der Waals surface area contributed by atoms with Crippen LogP contribution in [0.2, 0.25) is 0 Å². The minimum absolute atomic E-state index is 0.139. The van der Waals surface area contributed by atoms with E-state index in [1.54, 1.807) is 7.11 Å². The summed E-state index contributed by atoms with van der Waals surface area (Å²) in [4.78, 5) is 19.0. The third kappa shape index (κ3) is 3.67. The lowest BCUT2D eigenvalue weighted by molar-refractivity contribution is -0.131. The maximum atomic E-state index is 12.6. The number of nitrogens with zero attached hydrogens (tertiary/aromatic N) is 2. The lowest BCUT2D eigenvalue weighted by Crippen LogP contribution is -2.37. The topological polar surface area (TPSA) is 51.7 Å². The minimum Gasteiger partial charge on any atom is -0.497 e. The Kier molecular flexibility index (Phi) is 4.99. The van der Waals surface area contributed by atoms with Crippen LogP contribution in [0, 0.1) is 0 Å². The van der Waals surface area contributed by atoms with E-state index in [0.717, 1.165) is 29.0 Å². The molecule has 0 saturated heterocycles. The molecule has 0 aliphatic carbocycles. The minimum atomic E-state index is 0.139. The van der Waals surface area contributed by atoms with Gasteiger partial charge in [0.2, 0.25) is 11.8 Å². The van der Waals surface area contributed by atoms with Gasteiger partial charge in [-0.3, -0.25) is 4.79 Å². The average molecular weight is 326 g/mol. The molecule has 0 saturated carbocycles. The molecule has 5 nitrogen and oxygen atoms in total. The molecule has 24 heavy (non-hydrogen) atoms. The molecular weight excluding hydrogens is 304 g/mol. The molecule has 1 amide bonds. The molecule has 3 rings (SSSR count). The largest absolute Gasteiger partial charge is 0.497 e. The molecule has 1 aliphatic rings. The number of amides is 1. The van der Waals surface area contributed by atoms with Crippen LogP contribution in [0.25, 0.3) is 0 Å². The van der Waals surface area contributed by atoms with Crippen LogP contribution in [0.5, 0.6) is 11.6 Å². The highest BCUT2D eigenvalue weighted by molar-refractivity contribution is 5.79. The van der Waals surface area contributed by atoms with E-state index in [4.69, 9.17) is 9.47 Å². The monoisotopic (exact) mass is 326 g/mol. The Morgan fingerprint density at radius 2 is 2.00 bits per heavy atom. The molecule has 1 aliphatic heterocycles. The second-order valence-corrected chi connectivity index (χ2v) is 5.78. The van der Waals surface area contributed by atoms with Crippen molar-refractivity contribution in [3.63, 3.8) is 0 Å².